The molecule has 0 aliphatic rings. The van der Waals surface area contributed by atoms with Gasteiger partial charge in [0.25, 0.3) is 0 Å². The molecule has 0 amide bonds. The number of carbonyl (C=O) groups is 4. The monoisotopic (exact) mass is 1240 g/mol. The number of esters is 4. The number of carbonyl (C=O) groups excluding carboxylic acids is 4. The molecule has 5 atom stereocenters. The molecule has 0 aromatic rings. The molecule has 2 unspecified atom stereocenters. The van der Waals surface area contributed by atoms with Crippen LogP contribution in [0.1, 0.15) is 324 Å². The van der Waals surface area contributed by atoms with Crippen molar-refractivity contribution in [1.29, 1.82) is 0 Å². The summed E-state index contributed by atoms with van der Waals surface area (Å²) < 4.78 is 68.0. The Bertz CT molecular complexity index is 1650. The van der Waals surface area contributed by atoms with E-state index in [0.717, 1.165) is 102 Å². The van der Waals surface area contributed by atoms with Crippen molar-refractivity contribution in [2.24, 2.45) is 11.8 Å². The number of ether oxygens (including phenoxy) is 4. The first-order valence-electron chi connectivity index (χ1n) is 34.0. The van der Waals surface area contributed by atoms with Crippen molar-refractivity contribution in [3.63, 3.8) is 0 Å². The van der Waals surface area contributed by atoms with E-state index in [1.54, 1.807) is 0 Å². The first-order chi connectivity index (χ1) is 40.4. The van der Waals surface area contributed by atoms with E-state index in [0.29, 0.717) is 31.6 Å². The maximum atomic E-state index is 13.0. The lowest BCUT2D eigenvalue weighted by Crippen LogP contribution is -2.30. The van der Waals surface area contributed by atoms with Crippen LogP contribution in [0, 0.1) is 11.8 Å². The zero-order valence-electron chi connectivity index (χ0n) is 54.2. The molecule has 19 heteroatoms. The Morgan fingerprint density at radius 1 is 0.321 bits per heavy atom. The van der Waals surface area contributed by atoms with Gasteiger partial charge in [-0.05, 0) is 37.5 Å². The van der Waals surface area contributed by atoms with E-state index >= 15 is 0 Å². The lowest BCUT2D eigenvalue weighted by atomic mass is 10.0. The maximum Gasteiger partial charge on any atom is 0.472 e. The van der Waals surface area contributed by atoms with Gasteiger partial charge in [0.15, 0.2) is 12.2 Å². The topological polar surface area (TPSA) is 237 Å². The van der Waals surface area contributed by atoms with Gasteiger partial charge in [-0.25, -0.2) is 9.13 Å². The van der Waals surface area contributed by atoms with Crippen LogP contribution in [0.2, 0.25) is 0 Å². The van der Waals surface area contributed by atoms with E-state index < -0.39 is 97.5 Å². The Kier molecular flexibility index (Phi) is 56.2. The minimum Gasteiger partial charge on any atom is -0.462 e. The summed E-state index contributed by atoms with van der Waals surface area (Å²) in [5.74, 6) is -0.687. The first-order valence-corrected chi connectivity index (χ1v) is 37.0. The predicted octanol–water partition coefficient (Wildman–Crippen LogP) is 18.0. The number of phosphoric ester groups is 2. The van der Waals surface area contributed by atoms with Gasteiger partial charge in [-0.1, -0.05) is 273 Å². The van der Waals surface area contributed by atoms with Crippen molar-refractivity contribution in [1.82, 2.24) is 0 Å². The van der Waals surface area contributed by atoms with Gasteiger partial charge in [-0.15, -0.1) is 0 Å². The molecule has 0 aliphatic heterocycles. The molecule has 84 heavy (non-hydrogen) atoms. The van der Waals surface area contributed by atoms with Crippen LogP contribution in [0.4, 0.5) is 0 Å². The fourth-order valence-electron chi connectivity index (χ4n) is 9.71. The van der Waals surface area contributed by atoms with Crippen molar-refractivity contribution in [3.05, 3.63) is 0 Å². The van der Waals surface area contributed by atoms with Crippen molar-refractivity contribution < 1.29 is 80.2 Å². The molecular formula is C65H126O17P2. The van der Waals surface area contributed by atoms with Gasteiger partial charge in [0, 0.05) is 25.7 Å². The Labute approximate surface area is 511 Å². The highest BCUT2D eigenvalue weighted by molar-refractivity contribution is 7.47. The smallest absolute Gasteiger partial charge is 0.462 e. The van der Waals surface area contributed by atoms with Crippen LogP contribution in [-0.4, -0.2) is 96.7 Å². The summed E-state index contributed by atoms with van der Waals surface area (Å²) in [6.07, 6.45) is 40.4. The van der Waals surface area contributed by atoms with E-state index in [-0.39, 0.29) is 25.7 Å². The molecule has 0 aliphatic carbocycles. The van der Waals surface area contributed by atoms with Crippen LogP contribution in [-0.2, 0) is 65.4 Å². The summed E-state index contributed by atoms with van der Waals surface area (Å²) >= 11 is 0. The molecule has 0 saturated heterocycles. The minimum atomic E-state index is -4.95. The molecule has 0 bridgehead atoms. The summed E-state index contributed by atoms with van der Waals surface area (Å²) in [4.78, 5) is 72.2. The van der Waals surface area contributed by atoms with Gasteiger partial charge in [-0.3, -0.25) is 37.3 Å². The fraction of sp³-hybridized carbons (Fsp3) is 0.938. The average molecular weight is 1240 g/mol. The second-order valence-corrected chi connectivity index (χ2v) is 27.4. The van der Waals surface area contributed by atoms with Crippen molar-refractivity contribution >= 4 is 39.5 Å². The van der Waals surface area contributed by atoms with Gasteiger partial charge in [-0.2, -0.15) is 0 Å². The van der Waals surface area contributed by atoms with Gasteiger partial charge in [0.05, 0.1) is 26.4 Å². The zero-order valence-corrected chi connectivity index (χ0v) is 56.0. The fourth-order valence-corrected chi connectivity index (χ4v) is 11.3. The van der Waals surface area contributed by atoms with E-state index in [9.17, 15) is 43.2 Å². The minimum absolute atomic E-state index is 0.103. The highest BCUT2D eigenvalue weighted by Gasteiger charge is 2.30. The largest absolute Gasteiger partial charge is 0.472 e. The summed E-state index contributed by atoms with van der Waals surface area (Å²) in [6.45, 7) is 9.41. The third-order valence-corrected chi connectivity index (χ3v) is 16.9. The van der Waals surface area contributed by atoms with E-state index in [4.69, 9.17) is 37.0 Å². The second-order valence-electron chi connectivity index (χ2n) is 24.5. The highest BCUT2D eigenvalue weighted by Crippen LogP contribution is 2.45. The standard InChI is InChI=1S/C65H126O17P2/c1-7-9-11-13-15-17-18-19-20-24-30-36-42-48-63(68)76-54-60(81-64(69)49-43-37-31-25-22-21-23-27-33-39-45-57(3)4)55-79-83(71,72)77-51-59(66)52-78-84(73,74)80-56-61(53-75-62(67)47-41-35-29-16-14-12-10-8-2)82-65(70)50-44-38-32-26-28-34-40-46-58(5)6/h57-61,66H,7-56H2,1-6H3,(H,71,72)(H,73,74)/t59-,60-,61-/m1/s1. The Morgan fingerprint density at radius 2 is 0.548 bits per heavy atom. The number of aliphatic hydroxyl groups excluding tert-OH is 1. The predicted molar refractivity (Wildman–Crippen MR) is 335 cm³/mol. The molecule has 0 radical (unpaired) electrons. The molecule has 0 spiro atoms. The van der Waals surface area contributed by atoms with Crippen LogP contribution >= 0.6 is 15.6 Å². The summed E-state index contributed by atoms with van der Waals surface area (Å²) in [6, 6.07) is 0. The molecule has 0 fully saturated rings. The van der Waals surface area contributed by atoms with E-state index in [1.807, 2.05) is 0 Å². The second kappa shape index (κ2) is 57.5. The summed E-state index contributed by atoms with van der Waals surface area (Å²) in [5.41, 5.74) is 0. The third-order valence-electron chi connectivity index (χ3n) is 15.0. The number of hydrogen-bond donors (Lipinski definition) is 3. The number of rotatable bonds is 64. The number of aliphatic hydroxyl groups is 1. The zero-order chi connectivity index (χ0) is 62.2. The van der Waals surface area contributed by atoms with Crippen LogP contribution < -0.4 is 0 Å². The van der Waals surface area contributed by atoms with E-state index in [1.165, 1.54) is 135 Å². The molecule has 0 aromatic heterocycles. The van der Waals surface area contributed by atoms with E-state index in [2.05, 4.69) is 41.5 Å². The maximum absolute atomic E-state index is 13.0. The summed E-state index contributed by atoms with van der Waals surface area (Å²) in [5, 5.41) is 10.5. The van der Waals surface area contributed by atoms with Crippen LogP contribution in [0.15, 0.2) is 0 Å². The van der Waals surface area contributed by atoms with Crippen molar-refractivity contribution in [3.8, 4) is 0 Å². The quantitative estimate of drug-likeness (QED) is 0.0222. The number of unbranched alkanes of at least 4 members (excludes halogenated alkanes) is 34. The molecule has 0 saturated carbocycles. The molecular weight excluding hydrogens is 1110 g/mol. The SMILES string of the molecule is CCCCCCCCCCCCCCCC(=O)OC[C@H](COP(=O)(O)OC[C@@H](O)COP(=O)(O)OC[C@@H](COC(=O)CCCCCCCCCC)OC(=O)CCCCCCCCCC(C)C)OC(=O)CCCCCCCCCCCCC(C)C. The van der Waals surface area contributed by atoms with Gasteiger partial charge >= 0.3 is 39.5 Å². The Hall–Kier alpha value is -1.94. The molecule has 0 heterocycles. The first kappa shape index (κ1) is 82.1. The van der Waals surface area contributed by atoms with Crippen molar-refractivity contribution in [2.45, 2.75) is 342 Å². The molecule has 0 rings (SSSR count). The number of phosphoric acid groups is 2. The lowest BCUT2D eigenvalue weighted by Gasteiger charge is -2.21. The van der Waals surface area contributed by atoms with Crippen LogP contribution in [0.3, 0.4) is 0 Å². The van der Waals surface area contributed by atoms with Crippen LogP contribution in [0.5, 0.6) is 0 Å². The molecule has 17 nitrogen and oxygen atoms in total. The molecule has 3 N–H and O–H groups in total. The van der Waals surface area contributed by atoms with Crippen molar-refractivity contribution in [2.75, 3.05) is 39.6 Å². The number of hydrogen-bond acceptors (Lipinski definition) is 15. The molecule has 0 aromatic carbocycles. The average Bonchev–Trinajstić information content (AvgIpc) is 3.65. The van der Waals surface area contributed by atoms with Gasteiger partial charge in [0.1, 0.15) is 19.3 Å². The summed E-state index contributed by atoms with van der Waals surface area (Å²) in [7, 11) is -9.89. The van der Waals surface area contributed by atoms with Crippen LogP contribution in [0.25, 0.3) is 0 Å². The van der Waals surface area contributed by atoms with Gasteiger partial charge in [0.2, 0.25) is 0 Å². The normalized spacial score (nSPS) is 14.3. The lowest BCUT2D eigenvalue weighted by molar-refractivity contribution is -0.161. The Balaban J connectivity index is 5.23. The highest BCUT2D eigenvalue weighted by atomic mass is 31.2. The molecule has 498 valence electrons. The van der Waals surface area contributed by atoms with Gasteiger partial charge < -0.3 is 33.8 Å². The third kappa shape index (κ3) is 59.0. The Morgan fingerprint density at radius 3 is 0.810 bits per heavy atom.